The van der Waals surface area contributed by atoms with E-state index in [0.717, 1.165) is 18.9 Å². The predicted molar refractivity (Wildman–Crippen MR) is 146 cm³/mol. The molecule has 0 aliphatic carbocycles. The third-order valence-corrected chi connectivity index (χ3v) is 6.52. The number of carbonyl (C=O) groups is 1. The summed E-state index contributed by atoms with van der Waals surface area (Å²) in [7, 11) is 0. The van der Waals surface area contributed by atoms with Gasteiger partial charge in [-0.15, -0.1) is 0 Å². The van der Waals surface area contributed by atoms with Crippen LogP contribution in [0.3, 0.4) is 0 Å². The highest BCUT2D eigenvalue weighted by atomic mass is 35.5. The molecule has 0 spiro atoms. The number of halogens is 3. The molecular formula is C28H27Cl2FN2O6. The fourth-order valence-electron chi connectivity index (χ4n) is 4.10. The summed E-state index contributed by atoms with van der Waals surface area (Å²) >= 11 is 12.8. The Labute approximate surface area is 234 Å². The van der Waals surface area contributed by atoms with Crippen LogP contribution in [-0.2, 0) is 27.4 Å². The zero-order chi connectivity index (χ0) is 27.9. The van der Waals surface area contributed by atoms with Crippen molar-refractivity contribution in [3.63, 3.8) is 0 Å². The fourth-order valence-corrected chi connectivity index (χ4v) is 4.64. The summed E-state index contributed by atoms with van der Waals surface area (Å²) in [5.41, 5.74) is -0.341. The molecule has 4 rings (SSSR count). The molecule has 8 nitrogen and oxygen atoms in total. The molecule has 2 heterocycles. The molecule has 206 valence electrons. The molecule has 0 amide bonds. The number of nitrogens with zero attached hydrogens (tertiary/aromatic N) is 2. The number of fused-ring (bicyclic) bond motifs is 1. The molecular weight excluding hydrogens is 550 g/mol. The van der Waals surface area contributed by atoms with Crippen LogP contribution in [0, 0.1) is 5.82 Å². The van der Waals surface area contributed by atoms with Crippen LogP contribution >= 0.6 is 23.2 Å². The molecule has 2 aromatic carbocycles. The Morgan fingerprint density at radius 3 is 2.49 bits per heavy atom. The van der Waals surface area contributed by atoms with Crippen LogP contribution in [0.4, 0.5) is 4.39 Å². The van der Waals surface area contributed by atoms with Crippen LogP contribution < -0.4 is 15.0 Å². The predicted octanol–water partition coefficient (Wildman–Crippen LogP) is 6.38. The molecule has 0 N–H and O–H groups in total. The van der Waals surface area contributed by atoms with Gasteiger partial charge < -0.3 is 18.9 Å². The van der Waals surface area contributed by atoms with Gasteiger partial charge in [0.05, 0.1) is 23.3 Å². The second kappa shape index (κ2) is 12.9. The van der Waals surface area contributed by atoms with E-state index in [0.29, 0.717) is 25.4 Å². The van der Waals surface area contributed by atoms with Gasteiger partial charge in [-0.25, -0.2) is 13.9 Å². The van der Waals surface area contributed by atoms with Crippen LogP contribution in [0.25, 0.3) is 11.1 Å². The summed E-state index contributed by atoms with van der Waals surface area (Å²) < 4.78 is 40.6. The lowest BCUT2D eigenvalue weighted by molar-refractivity contribution is -0.136. The molecule has 0 unspecified atom stereocenters. The lowest BCUT2D eigenvalue weighted by Crippen LogP contribution is -2.27. The summed E-state index contributed by atoms with van der Waals surface area (Å²) in [6.45, 7) is 6.63. The first kappa shape index (κ1) is 28.3. The first-order valence-electron chi connectivity index (χ1n) is 12.3. The van der Waals surface area contributed by atoms with Crippen LogP contribution in [0.2, 0.25) is 10.2 Å². The average Bonchev–Trinajstić information content (AvgIpc) is 3.18. The SMILES string of the molecule is C=CCOC(=O)/C=C(\COc1ccccc1Oc1cc(-c2c(Cl)n3n(c2=O)CCCC3)c(F)cc1Cl)OCC. The second-order valence-electron chi connectivity index (χ2n) is 8.49. The fraction of sp³-hybridized carbons (Fsp3) is 0.286. The highest BCUT2D eigenvalue weighted by molar-refractivity contribution is 6.33. The zero-order valence-corrected chi connectivity index (χ0v) is 22.8. The van der Waals surface area contributed by atoms with E-state index < -0.39 is 11.8 Å². The number of carbonyl (C=O) groups excluding carboxylic acids is 1. The molecule has 1 aromatic heterocycles. The Hall–Kier alpha value is -3.69. The minimum atomic E-state index is -0.700. The van der Waals surface area contributed by atoms with Crippen molar-refractivity contribution in [3.05, 3.63) is 87.2 Å². The Morgan fingerprint density at radius 1 is 1.08 bits per heavy atom. The van der Waals surface area contributed by atoms with Gasteiger partial charge in [0.15, 0.2) is 11.5 Å². The summed E-state index contributed by atoms with van der Waals surface area (Å²) in [5.74, 6) is -0.380. The summed E-state index contributed by atoms with van der Waals surface area (Å²) in [6, 6.07) is 9.17. The van der Waals surface area contributed by atoms with Gasteiger partial charge in [0.2, 0.25) is 0 Å². The average molecular weight is 577 g/mol. The van der Waals surface area contributed by atoms with Crippen LogP contribution in [0.1, 0.15) is 19.8 Å². The number of benzene rings is 2. The maximum Gasteiger partial charge on any atom is 0.334 e. The normalized spacial score (nSPS) is 13.0. The number of para-hydroxylation sites is 2. The van der Waals surface area contributed by atoms with Crippen molar-refractivity contribution < 1.29 is 28.1 Å². The number of hydrogen-bond donors (Lipinski definition) is 0. The summed E-state index contributed by atoms with van der Waals surface area (Å²) in [6.07, 6.45) is 4.36. The summed E-state index contributed by atoms with van der Waals surface area (Å²) in [4.78, 5) is 25.0. The number of rotatable bonds is 11. The third-order valence-electron chi connectivity index (χ3n) is 5.84. The van der Waals surface area contributed by atoms with Gasteiger partial charge in [0.1, 0.15) is 35.7 Å². The van der Waals surface area contributed by atoms with E-state index in [-0.39, 0.29) is 57.3 Å². The maximum atomic E-state index is 15.1. The molecule has 3 aromatic rings. The van der Waals surface area contributed by atoms with E-state index in [1.807, 2.05) is 0 Å². The van der Waals surface area contributed by atoms with Crippen molar-refractivity contribution in [3.8, 4) is 28.4 Å². The molecule has 39 heavy (non-hydrogen) atoms. The van der Waals surface area contributed by atoms with Gasteiger partial charge in [0.25, 0.3) is 5.56 Å². The lowest BCUT2D eigenvalue weighted by Gasteiger charge is -2.17. The van der Waals surface area contributed by atoms with E-state index in [9.17, 15) is 9.59 Å². The van der Waals surface area contributed by atoms with Gasteiger partial charge in [-0.05, 0) is 44.0 Å². The van der Waals surface area contributed by atoms with Gasteiger partial charge >= 0.3 is 5.97 Å². The minimum Gasteiger partial charge on any atom is -0.494 e. The van der Waals surface area contributed by atoms with Gasteiger partial charge in [0, 0.05) is 18.7 Å². The lowest BCUT2D eigenvalue weighted by atomic mass is 10.1. The van der Waals surface area contributed by atoms with Crippen LogP contribution in [-0.4, -0.2) is 35.2 Å². The van der Waals surface area contributed by atoms with Crippen LogP contribution in [0.5, 0.6) is 17.2 Å². The Morgan fingerprint density at radius 2 is 1.79 bits per heavy atom. The van der Waals surface area contributed by atoms with E-state index in [2.05, 4.69) is 6.58 Å². The topological polar surface area (TPSA) is 80.9 Å². The van der Waals surface area contributed by atoms with Crippen molar-refractivity contribution in [2.24, 2.45) is 0 Å². The van der Waals surface area contributed by atoms with Gasteiger partial charge in [-0.3, -0.25) is 9.48 Å². The number of ether oxygens (including phenoxy) is 4. The van der Waals surface area contributed by atoms with Gasteiger partial charge in [-0.1, -0.05) is 48.0 Å². The molecule has 0 fully saturated rings. The second-order valence-corrected chi connectivity index (χ2v) is 9.25. The van der Waals surface area contributed by atoms with Crippen molar-refractivity contribution in [1.82, 2.24) is 9.36 Å². The highest BCUT2D eigenvalue weighted by Crippen LogP contribution is 2.40. The number of aromatic nitrogens is 2. The maximum absolute atomic E-state index is 15.1. The molecule has 1 aliphatic heterocycles. The van der Waals surface area contributed by atoms with Crippen molar-refractivity contribution in [2.45, 2.75) is 32.9 Å². The number of esters is 1. The van der Waals surface area contributed by atoms with E-state index in [1.54, 1.807) is 35.9 Å². The minimum absolute atomic E-state index is 0.00823. The van der Waals surface area contributed by atoms with E-state index in [1.165, 1.54) is 22.9 Å². The molecule has 0 bridgehead atoms. The first-order chi connectivity index (χ1) is 18.8. The Kier molecular flexibility index (Phi) is 9.37. The molecule has 0 saturated carbocycles. The van der Waals surface area contributed by atoms with E-state index >= 15 is 4.39 Å². The summed E-state index contributed by atoms with van der Waals surface area (Å²) in [5, 5.41) is 0.156. The third kappa shape index (κ3) is 6.49. The Bertz CT molecular complexity index is 1460. The number of hydrogen-bond acceptors (Lipinski definition) is 6. The van der Waals surface area contributed by atoms with Crippen LogP contribution in [0.15, 0.2) is 65.7 Å². The standard InChI is InChI=1S/C28H27Cl2FN2O6/c1-3-13-37-25(34)14-18(36-4-2)17-38-22-9-5-6-10-23(22)39-24-15-19(21(31)16-20(24)29)26-27(30)32-11-7-8-12-33(32)28(26)35/h3,5-6,9-10,14-16H,1,4,7-8,11-13,17H2,2H3/b18-14+. The quantitative estimate of drug-likeness (QED) is 0.114. The zero-order valence-electron chi connectivity index (χ0n) is 21.3. The molecule has 0 saturated heterocycles. The molecule has 0 radical (unpaired) electrons. The van der Waals surface area contributed by atoms with Crippen molar-refractivity contribution in [1.29, 1.82) is 0 Å². The smallest absolute Gasteiger partial charge is 0.334 e. The van der Waals surface area contributed by atoms with E-state index in [4.69, 9.17) is 42.1 Å². The van der Waals surface area contributed by atoms with Crippen molar-refractivity contribution >= 4 is 29.2 Å². The first-order valence-corrected chi connectivity index (χ1v) is 13.1. The van der Waals surface area contributed by atoms with Crippen molar-refractivity contribution in [2.75, 3.05) is 19.8 Å². The molecule has 0 atom stereocenters. The highest BCUT2D eigenvalue weighted by Gasteiger charge is 2.25. The van der Waals surface area contributed by atoms with Gasteiger partial charge in [-0.2, -0.15) is 0 Å². The monoisotopic (exact) mass is 576 g/mol. The molecule has 11 heteroatoms. The Balaban J connectivity index is 1.61. The largest absolute Gasteiger partial charge is 0.494 e. The molecule has 1 aliphatic rings.